The van der Waals surface area contributed by atoms with Gasteiger partial charge in [-0.15, -0.1) is 0 Å². The molecule has 146 valence electrons. The van der Waals surface area contributed by atoms with Crippen molar-refractivity contribution in [3.63, 3.8) is 0 Å². The van der Waals surface area contributed by atoms with Crippen molar-refractivity contribution in [2.75, 3.05) is 44.3 Å². The lowest BCUT2D eigenvalue weighted by Crippen LogP contribution is -2.41. The second-order valence-electron chi connectivity index (χ2n) is 7.86. The van der Waals surface area contributed by atoms with Crippen LogP contribution in [-0.4, -0.2) is 61.4 Å². The van der Waals surface area contributed by atoms with E-state index < -0.39 is 11.4 Å². The van der Waals surface area contributed by atoms with Crippen molar-refractivity contribution in [3.05, 3.63) is 29.8 Å². The van der Waals surface area contributed by atoms with E-state index in [4.69, 9.17) is 4.74 Å². The van der Waals surface area contributed by atoms with Gasteiger partial charge >= 0.3 is 12.0 Å². The van der Waals surface area contributed by atoms with Crippen molar-refractivity contribution < 1.29 is 19.4 Å². The number of anilines is 1. The predicted octanol–water partition coefficient (Wildman–Crippen LogP) is 1.92. The van der Waals surface area contributed by atoms with Gasteiger partial charge < -0.3 is 25.0 Å². The van der Waals surface area contributed by atoms with E-state index in [0.717, 1.165) is 50.4 Å². The first-order valence-electron chi connectivity index (χ1n) is 9.76. The highest BCUT2D eigenvalue weighted by atomic mass is 16.5. The van der Waals surface area contributed by atoms with E-state index in [1.165, 1.54) is 0 Å². The van der Waals surface area contributed by atoms with Gasteiger partial charge in [-0.1, -0.05) is 18.6 Å². The zero-order chi connectivity index (χ0) is 18.9. The summed E-state index contributed by atoms with van der Waals surface area (Å²) >= 11 is 0. The third-order valence-corrected chi connectivity index (χ3v) is 6.31. The van der Waals surface area contributed by atoms with Crippen LogP contribution in [-0.2, 0) is 16.1 Å². The molecule has 4 rings (SSSR count). The molecule has 0 bridgehead atoms. The standard InChI is InChI=1S/C20H27N3O4/c24-18(25)20-6-2-4-16(20)13-23(14-20)19(26)21-12-15-3-1-5-17(11-15)22-7-9-27-10-8-22/h1,3,5,11,16H,2,4,6-10,12-14H2,(H,21,26)(H,24,25)/t16-,20+/m0/s1. The van der Waals surface area contributed by atoms with Crippen molar-refractivity contribution in [1.29, 1.82) is 0 Å². The molecule has 2 aliphatic heterocycles. The number of urea groups is 1. The minimum absolute atomic E-state index is 0.0883. The number of hydrogen-bond donors (Lipinski definition) is 2. The molecule has 7 nitrogen and oxygen atoms in total. The summed E-state index contributed by atoms with van der Waals surface area (Å²) in [6, 6.07) is 8.02. The first-order chi connectivity index (χ1) is 13.1. The lowest BCUT2D eigenvalue weighted by atomic mass is 9.81. The molecule has 2 amide bonds. The van der Waals surface area contributed by atoms with Crippen LogP contribution >= 0.6 is 0 Å². The van der Waals surface area contributed by atoms with E-state index in [1.807, 2.05) is 12.1 Å². The molecule has 27 heavy (non-hydrogen) atoms. The third kappa shape index (κ3) is 3.48. The number of hydrogen-bond acceptors (Lipinski definition) is 4. The summed E-state index contributed by atoms with van der Waals surface area (Å²) in [4.78, 5) is 28.3. The van der Waals surface area contributed by atoms with Crippen LogP contribution in [0.3, 0.4) is 0 Å². The van der Waals surface area contributed by atoms with Crippen molar-refractivity contribution >= 4 is 17.7 Å². The number of morpholine rings is 1. The van der Waals surface area contributed by atoms with E-state index in [0.29, 0.717) is 26.1 Å². The molecule has 2 N–H and O–H groups in total. The van der Waals surface area contributed by atoms with E-state index >= 15 is 0 Å². The summed E-state index contributed by atoms with van der Waals surface area (Å²) in [5.41, 5.74) is 1.46. The van der Waals surface area contributed by atoms with Crippen LogP contribution in [0.2, 0.25) is 0 Å². The minimum atomic E-state index is -0.751. The Bertz CT molecular complexity index is 719. The number of benzene rings is 1. The Kier molecular flexibility index (Phi) is 4.95. The maximum Gasteiger partial charge on any atom is 0.317 e. The number of nitrogens with one attached hydrogen (secondary N) is 1. The molecule has 3 fully saturated rings. The summed E-state index contributed by atoms with van der Waals surface area (Å²) in [7, 11) is 0. The van der Waals surface area contributed by atoms with Gasteiger partial charge in [0.2, 0.25) is 0 Å². The highest BCUT2D eigenvalue weighted by molar-refractivity contribution is 5.80. The zero-order valence-corrected chi connectivity index (χ0v) is 15.5. The highest BCUT2D eigenvalue weighted by Crippen LogP contribution is 2.48. The van der Waals surface area contributed by atoms with Gasteiger partial charge in [0.05, 0.1) is 18.6 Å². The van der Waals surface area contributed by atoms with Crippen molar-refractivity contribution in [3.8, 4) is 0 Å². The van der Waals surface area contributed by atoms with E-state index in [2.05, 4.69) is 22.3 Å². The SMILES string of the molecule is O=C(NCc1cccc(N2CCOCC2)c1)N1C[C@@H]2CCC[C@@]2(C(=O)O)C1. The van der Waals surface area contributed by atoms with Gasteiger partial charge in [-0.2, -0.15) is 0 Å². The van der Waals surface area contributed by atoms with Gasteiger partial charge in [0.25, 0.3) is 0 Å². The molecule has 1 saturated carbocycles. The van der Waals surface area contributed by atoms with Crippen LogP contribution in [0.15, 0.2) is 24.3 Å². The van der Waals surface area contributed by atoms with Crippen LogP contribution in [0.5, 0.6) is 0 Å². The number of carbonyl (C=O) groups excluding carboxylic acids is 1. The molecule has 2 saturated heterocycles. The fourth-order valence-electron chi connectivity index (χ4n) is 4.77. The summed E-state index contributed by atoms with van der Waals surface area (Å²) < 4.78 is 5.40. The van der Waals surface area contributed by atoms with Gasteiger partial charge in [0.15, 0.2) is 0 Å². The number of amides is 2. The Hall–Kier alpha value is -2.28. The van der Waals surface area contributed by atoms with Crippen LogP contribution in [0.1, 0.15) is 24.8 Å². The molecule has 2 atom stereocenters. The molecule has 0 aromatic heterocycles. The molecule has 0 radical (unpaired) electrons. The monoisotopic (exact) mass is 373 g/mol. The Morgan fingerprint density at radius 1 is 1.30 bits per heavy atom. The Labute approximate surface area is 159 Å². The fraction of sp³-hybridized carbons (Fsp3) is 0.600. The largest absolute Gasteiger partial charge is 0.481 e. The van der Waals surface area contributed by atoms with Gasteiger partial charge in [-0.25, -0.2) is 4.79 Å². The highest BCUT2D eigenvalue weighted by Gasteiger charge is 2.55. The molecule has 1 aromatic carbocycles. The lowest BCUT2D eigenvalue weighted by molar-refractivity contribution is -0.149. The second-order valence-corrected chi connectivity index (χ2v) is 7.86. The van der Waals surface area contributed by atoms with E-state index in [1.54, 1.807) is 4.90 Å². The predicted molar refractivity (Wildman–Crippen MR) is 101 cm³/mol. The fourth-order valence-corrected chi connectivity index (χ4v) is 4.77. The van der Waals surface area contributed by atoms with Crippen LogP contribution in [0.4, 0.5) is 10.5 Å². The van der Waals surface area contributed by atoms with Gasteiger partial charge in [0.1, 0.15) is 0 Å². The molecule has 2 heterocycles. The molecule has 0 unspecified atom stereocenters. The van der Waals surface area contributed by atoms with Crippen LogP contribution < -0.4 is 10.2 Å². The quantitative estimate of drug-likeness (QED) is 0.843. The summed E-state index contributed by atoms with van der Waals surface area (Å²) in [6.07, 6.45) is 2.52. The van der Waals surface area contributed by atoms with Gasteiger partial charge in [-0.05, 0) is 36.5 Å². The number of rotatable bonds is 4. The summed E-state index contributed by atoms with van der Waals surface area (Å²) in [6.45, 7) is 4.55. The number of fused-ring (bicyclic) bond motifs is 1. The summed E-state index contributed by atoms with van der Waals surface area (Å²) in [5.74, 6) is -0.663. The first-order valence-corrected chi connectivity index (χ1v) is 9.76. The third-order valence-electron chi connectivity index (χ3n) is 6.31. The number of likely N-dealkylation sites (tertiary alicyclic amines) is 1. The Morgan fingerprint density at radius 3 is 2.85 bits per heavy atom. The smallest absolute Gasteiger partial charge is 0.317 e. The number of carbonyl (C=O) groups is 2. The number of nitrogens with zero attached hydrogens (tertiary/aromatic N) is 2. The zero-order valence-electron chi connectivity index (χ0n) is 15.5. The molecular formula is C20H27N3O4. The van der Waals surface area contributed by atoms with E-state index in [-0.39, 0.29) is 11.9 Å². The molecule has 3 aliphatic rings. The van der Waals surface area contributed by atoms with Crippen molar-refractivity contribution in [2.45, 2.75) is 25.8 Å². The number of carboxylic acids is 1. The van der Waals surface area contributed by atoms with Gasteiger partial charge in [0, 0.05) is 38.4 Å². The van der Waals surface area contributed by atoms with Gasteiger partial charge in [-0.3, -0.25) is 4.79 Å². The Morgan fingerprint density at radius 2 is 2.11 bits per heavy atom. The average Bonchev–Trinajstić information content (AvgIpc) is 3.26. The minimum Gasteiger partial charge on any atom is -0.481 e. The normalized spacial score (nSPS) is 27.5. The topological polar surface area (TPSA) is 82.1 Å². The van der Waals surface area contributed by atoms with E-state index in [9.17, 15) is 14.7 Å². The molecule has 1 aliphatic carbocycles. The van der Waals surface area contributed by atoms with Crippen molar-refractivity contribution in [2.24, 2.45) is 11.3 Å². The molecular weight excluding hydrogens is 346 g/mol. The summed E-state index contributed by atoms with van der Waals surface area (Å²) in [5, 5.41) is 12.6. The number of carboxylic acid groups (broad SMARTS) is 1. The van der Waals surface area contributed by atoms with Crippen LogP contribution in [0.25, 0.3) is 0 Å². The Balaban J connectivity index is 1.35. The van der Waals surface area contributed by atoms with Crippen LogP contribution in [0, 0.1) is 11.3 Å². The number of aliphatic carboxylic acids is 1. The first kappa shape index (κ1) is 18.1. The molecule has 7 heteroatoms. The maximum atomic E-state index is 12.6. The van der Waals surface area contributed by atoms with Crippen molar-refractivity contribution in [1.82, 2.24) is 10.2 Å². The molecule has 1 aromatic rings. The second kappa shape index (κ2) is 7.38. The maximum absolute atomic E-state index is 12.6. The molecule has 0 spiro atoms. The average molecular weight is 373 g/mol. The lowest BCUT2D eigenvalue weighted by Gasteiger charge is -2.29. The number of ether oxygens (including phenoxy) is 1.